The van der Waals surface area contributed by atoms with Gasteiger partial charge in [-0.05, 0) is 30.2 Å². The van der Waals surface area contributed by atoms with E-state index in [4.69, 9.17) is 28.9 Å². The quantitative estimate of drug-likeness (QED) is 0.829. The molecule has 1 nitrogen and oxygen atoms in total. The Balaban J connectivity index is 2.28. The molecule has 19 heavy (non-hydrogen) atoms. The van der Waals surface area contributed by atoms with Crippen molar-refractivity contribution in [2.45, 2.75) is 12.5 Å². The summed E-state index contributed by atoms with van der Waals surface area (Å²) in [6.07, 6.45) is 0.317. The number of halogens is 4. The molecule has 0 aliphatic carbocycles. The fourth-order valence-electron chi connectivity index (χ4n) is 1.83. The standard InChI is InChI=1S/C14H11Cl2F2N/c15-10-4-2-1-3-8(10)5-14(19)9-6-13(18)11(16)7-12(9)17/h1-4,6-7,14H,5,19H2. The van der Waals surface area contributed by atoms with Crippen molar-refractivity contribution in [3.05, 3.63) is 69.2 Å². The zero-order valence-electron chi connectivity index (χ0n) is 9.84. The second-order valence-electron chi connectivity index (χ2n) is 4.19. The lowest BCUT2D eigenvalue weighted by Crippen LogP contribution is -2.15. The predicted molar refractivity (Wildman–Crippen MR) is 73.5 cm³/mol. The van der Waals surface area contributed by atoms with Gasteiger partial charge in [-0.25, -0.2) is 8.78 Å². The van der Waals surface area contributed by atoms with E-state index in [-0.39, 0.29) is 10.6 Å². The Kier molecular flexibility index (Phi) is 4.40. The van der Waals surface area contributed by atoms with Crippen molar-refractivity contribution in [1.82, 2.24) is 0 Å². The van der Waals surface area contributed by atoms with Crippen molar-refractivity contribution < 1.29 is 8.78 Å². The van der Waals surface area contributed by atoms with Gasteiger partial charge < -0.3 is 5.73 Å². The third-order valence-corrected chi connectivity index (χ3v) is 3.50. The monoisotopic (exact) mass is 301 g/mol. The van der Waals surface area contributed by atoms with Crippen LogP contribution in [0.2, 0.25) is 10.0 Å². The first-order valence-corrected chi connectivity index (χ1v) is 6.38. The van der Waals surface area contributed by atoms with Gasteiger partial charge in [0.2, 0.25) is 0 Å². The molecule has 0 amide bonds. The third kappa shape index (κ3) is 3.24. The molecule has 0 aliphatic rings. The van der Waals surface area contributed by atoms with E-state index in [0.29, 0.717) is 11.4 Å². The number of nitrogens with two attached hydrogens (primary N) is 1. The Bertz CT molecular complexity index is 602. The zero-order valence-corrected chi connectivity index (χ0v) is 11.3. The highest BCUT2D eigenvalue weighted by Crippen LogP contribution is 2.26. The molecule has 0 aliphatic heterocycles. The molecule has 0 aromatic heterocycles. The van der Waals surface area contributed by atoms with Crippen LogP contribution < -0.4 is 5.73 Å². The molecule has 1 unspecified atom stereocenters. The highest BCUT2D eigenvalue weighted by Gasteiger charge is 2.16. The van der Waals surface area contributed by atoms with Crippen LogP contribution >= 0.6 is 23.2 Å². The molecule has 2 aromatic rings. The van der Waals surface area contributed by atoms with Gasteiger partial charge in [0.25, 0.3) is 0 Å². The average molecular weight is 302 g/mol. The fourth-order valence-corrected chi connectivity index (χ4v) is 2.20. The maximum atomic E-state index is 13.7. The molecule has 5 heteroatoms. The predicted octanol–water partition coefficient (Wildman–Crippen LogP) is 4.51. The molecule has 2 rings (SSSR count). The molecule has 0 radical (unpaired) electrons. The van der Waals surface area contributed by atoms with E-state index in [1.807, 2.05) is 6.07 Å². The molecule has 0 spiro atoms. The Hall–Kier alpha value is -1.16. The van der Waals surface area contributed by atoms with Crippen molar-refractivity contribution in [3.8, 4) is 0 Å². The number of rotatable bonds is 3. The second-order valence-corrected chi connectivity index (χ2v) is 5.00. The van der Waals surface area contributed by atoms with Gasteiger partial charge in [-0.15, -0.1) is 0 Å². The third-order valence-electron chi connectivity index (χ3n) is 2.84. The largest absolute Gasteiger partial charge is 0.324 e. The van der Waals surface area contributed by atoms with Gasteiger partial charge in [-0.1, -0.05) is 41.4 Å². The first-order valence-electron chi connectivity index (χ1n) is 5.62. The van der Waals surface area contributed by atoms with Crippen LogP contribution in [0.5, 0.6) is 0 Å². The van der Waals surface area contributed by atoms with Crippen LogP contribution in [0.25, 0.3) is 0 Å². The van der Waals surface area contributed by atoms with Crippen LogP contribution in [0.1, 0.15) is 17.2 Å². The van der Waals surface area contributed by atoms with Gasteiger partial charge in [-0.2, -0.15) is 0 Å². The summed E-state index contributed by atoms with van der Waals surface area (Å²) in [5.74, 6) is -1.31. The molecule has 0 bridgehead atoms. The SMILES string of the molecule is NC(Cc1ccccc1Cl)c1cc(F)c(Cl)cc1F. The minimum Gasteiger partial charge on any atom is -0.324 e. The van der Waals surface area contributed by atoms with Crippen molar-refractivity contribution in [2.24, 2.45) is 5.73 Å². The summed E-state index contributed by atoms with van der Waals surface area (Å²) < 4.78 is 27.1. The van der Waals surface area contributed by atoms with Crippen LogP contribution in [-0.2, 0) is 6.42 Å². The van der Waals surface area contributed by atoms with E-state index in [2.05, 4.69) is 0 Å². The van der Waals surface area contributed by atoms with Gasteiger partial charge in [0.05, 0.1) is 5.02 Å². The summed E-state index contributed by atoms with van der Waals surface area (Å²) in [6, 6.07) is 8.39. The highest BCUT2D eigenvalue weighted by molar-refractivity contribution is 6.31. The smallest absolute Gasteiger partial charge is 0.142 e. The maximum absolute atomic E-state index is 13.7. The summed E-state index contributed by atoms with van der Waals surface area (Å²) in [6.45, 7) is 0. The molecular weight excluding hydrogens is 291 g/mol. The van der Waals surface area contributed by atoms with Gasteiger partial charge >= 0.3 is 0 Å². The normalized spacial score (nSPS) is 12.5. The van der Waals surface area contributed by atoms with Crippen molar-refractivity contribution in [1.29, 1.82) is 0 Å². The summed E-state index contributed by atoms with van der Waals surface area (Å²) in [5, 5.41) is 0.291. The van der Waals surface area contributed by atoms with Gasteiger partial charge in [0.15, 0.2) is 0 Å². The number of benzene rings is 2. The minimum atomic E-state index is -0.688. The molecule has 0 fully saturated rings. The summed E-state index contributed by atoms with van der Waals surface area (Å²) in [5.41, 5.74) is 6.78. The Morgan fingerprint density at radius 1 is 1.00 bits per heavy atom. The van der Waals surface area contributed by atoms with Crippen LogP contribution in [0, 0.1) is 11.6 Å². The van der Waals surface area contributed by atoms with E-state index in [0.717, 1.165) is 17.7 Å². The molecule has 0 saturated carbocycles. The Morgan fingerprint density at radius 2 is 1.68 bits per heavy atom. The van der Waals surface area contributed by atoms with E-state index in [1.54, 1.807) is 18.2 Å². The maximum Gasteiger partial charge on any atom is 0.142 e. The Morgan fingerprint density at radius 3 is 2.37 bits per heavy atom. The lowest BCUT2D eigenvalue weighted by atomic mass is 9.99. The zero-order chi connectivity index (χ0) is 14.0. The average Bonchev–Trinajstić information content (AvgIpc) is 2.36. The molecule has 2 aromatic carbocycles. The van der Waals surface area contributed by atoms with E-state index < -0.39 is 17.7 Å². The minimum absolute atomic E-state index is 0.0850. The van der Waals surface area contributed by atoms with Crippen molar-refractivity contribution in [3.63, 3.8) is 0 Å². The van der Waals surface area contributed by atoms with Crippen LogP contribution in [0.3, 0.4) is 0 Å². The first kappa shape index (κ1) is 14.3. The van der Waals surface area contributed by atoms with Gasteiger partial charge in [-0.3, -0.25) is 0 Å². The molecule has 0 heterocycles. The van der Waals surface area contributed by atoms with Crippen LogP contribution in [0.4, 0.5) is 8.78 Å². The fraction of sp³-hybridized carbons (Fsp3) is 0.143. The lowest BCUT2D eigenvalue weighted by molar-refractivity contribution is 0.561. The number of hydrogen-bond acceptors (Lipinski definition) is 1. The highest BCUT2D eigenvalue weighted by atomic mass is 35.5. The van der Waals surface area contributed by atoms with Crippen LogP contribution in [-0.4, -0.2) is 0 Å². The summed E-state index contributed by atoms with van der Waals surface area (Å²) in [7, 11) is 0. The molecular formula is C14H11Cl2F2N. The van der Waals surface area contributed by atoms with E-state index in [1.165, 1.54) is 0 Å². The molecule has 1 atom stereocenters. The first-order chi connectivity index (χ1) is 8.99. The van der Waals surface area contributed by atoms with Gasteiger partial charge in [0, 0.05) is 16.6 Å². The number of hydrogen-bond donors (Lipinski definition) is 1. The van der Waals surface area contributed by atoms with Crippen LogP contribution in [0.15, 0.2) is 36.4 Å². The van der Waals surface area contributed by atoms with Crippen molar-refractivity contribution in [2.75, 3.05) is 0 Å². The molecule has 2 N–H and O–H groups in total. The topological polar surface area (TPSA) is 26.0 Å². The van der Waals surface area contributed by atoms with E-state index >= 15 is 0 Å². The molecule has 0 saturated heterocycles. The lowest BCUT2D eigenvalue weighted by Gasteiger charge is -2.14. The summed E-state index contributed by atoms with van der Waals surface area (Å²) in [4.78, 5) is 0. The second kappa shape index (κ2) is 5.87. The Labute approximate surface area is 119 Å². The van der Waals surface area contributed by atoms with Crippen molar-refractivity contribution >= 4 is 23.2 Å². The molecule has 100 valence electrons. The van der Waals surface area contributed by atoms with Gasteiger partial charge in [0.1, 0.15) is 11.6 Å². The van der Waals surface area contributed by atoms with E-state index in [9.17, 15) is 8.78 Å². The summed E-state index contributed by atoms with van der Waals surface area (Å²) >= 11 is 11.5.